The van der Waals surface area contributed by atoms with Gasteiger partial charge < -0.3 is 23.7 Å². The van der Waals surface area contributed by atoms with E-state index in [1.54, 1.807) is 0 Å². The first-order valence-electron chi connectivity index (χ1n) is 14.3. The third kappa shape index (κ3) is 31.8. The minimum Gasteiger partial charge on any atom is -0.379 e. The van der Waals surface area contributed by atoms with Crippen molar-refractivity contribution >= 4 is 0 Å². The average molecular weight is 475 g/mol. The van der Waals surface area contributed by atoms with Gasteiger partial charge in [0.15, 0.2) is 0 Å². The van der Waals surface area contributed by atoms with Crippen LogP contribution in [0.4, 0.5) is 0 Å². The van der Waals surface area contributed by atoms with Crippen molar-refractivity contribution in [1.29, 1.82) is 0 Å². The molecule has 0 bridgehead atoms. The van der Waals surface area contributed by atoms with Crippen molar-refractivity contribution in [3.05, 3.63) is 0 Å². The molecular formula is C28H58O5. The minimum absolute atomic E-state index is 0.605. The van der Waals surface area contributed by atoms with Gasteiger partial charge in [-0.05, 0) is 12.8 Å². The van der Waals surface area contributed by atoms with Gasteiger partial charge in [-0.25, -0.2) is 0 Å². The van der Waals surface area contributed by atoms with Crippen LogP contribution in [0.3, 0.4) is 0 Å². The molecule has 0 aliphatic carbocycles. The van der Waals surface area contributed by atoms with E-state index in [0.29, 0.717) is 52.9 Å². The zero-order chi connectivity index (χ0) is 23.9. The molecule has 0 rings (SSSR count). The van der Waals surface area contributed by atoms with Gasteiger partial charge in [-0.1, -0.05) is 104 Å². The number of rotatable bonds is 30. The molecule has 0 atom stereocenters. The summed E-state index contributed by atoms with van der Waals surface area (Å²) in [5.74, 6) is 0. The maximum absolute atomic E-state index is 5.65. The Balaban J connectivity index is 2.99. The molecule has 0 aliphatic heterocycles. The van der Waals surface area contributed by atoms with Gasteiger partial charge in [-0.2, -0.15) is 0 Å². The first-order valence-corrected chi connectivity index (χ1v) is 14.3. The molecule has 5 heteroatoms. The van der Waals surface area contributed by atoms with Crippen LogP contribution in [0.15, 0.2) is 0 Å². The molecule has 0 aliphatic rings. The van der Waals surface area contributed by atoms with Crippen LogP contribution >= 0.6 is 0 Å². The first kappa shape index (κ1) is 32.8. The largest absolute Gasteiger partial charge is 0.379 e. The van der Waals surface area contributed by atoms with Gasteiger partial charge in [-0.3, -0.25) is 0 Å². The van der Waals surface area contributed by atoms with E-state index in [-0.39, 0.29) is 0 Å². The lowest BCUT2D eigenvalue weighted by atomic mass is 10.0. The fourth-order valence-corrected chi connectivity index (χ4v) is 3.63. The Morgan fingerprint density at radius 1 is 0.242 bits per heavy atom. The second-order valence-corrected chi connectivity index (χ2v) is 9.01. The summed E-state index contributed by atoms with van der Waals surface area (Å²) in [6, 6.07) is 0. The van der Waals surface area contributed by atoms with E-state index in [1.807, 2.05) is 0 Å². The average Bonchev–Trinajstić information content (AvgIpc) is 2.83. The van der Waals surface area contributed by atoms with E-state index in [9.17, 15) is 0 Å². The van der Waals surface area contributed by atoms with E-state index in [0.717, 1.165) is 19.6 Å². The fourth-order valence-electron chi connectivity index (χ4n) is 3.63. The maximum atomic E-state index is 5.65. The van der Waals surface area contributed by atoms with E-state index in [2.05, 4.69) is 13.8 Å². The predicted molar refractivity (Wildman–Crippen MR) is 139 cm³/mol. The second kappa shape index (κ2) is 31.8. The molecule has 0 heterocycles. The molecule has 0 saturated carbocycles. The van der Waals surface area contributed by atoms with Crippen LogP contribution in [0.25, 0.3) is 0 Å². The third-order valence-electron chi connectivity index (χ3n) is 5.77. The Morgan fingerprint density at radius 2 is 0.485 bits per heavy atom. The van der Waals surface area contributed by atoms with Crippen molar-refractivity contribution in [2.75, 3.05) is 66.1 Å². The third-order valence-corrected chi connectivity index (χ3v) is 5.77. The standard InChI is InChI=1S/C28H58O5/c1-3-5-7-8-9-10-11-12-13-14-15-16-17-18-20-30-22-24-32-26-28-33-27-25-31-23-21-29-19-6-4-2/h3-28H2,1-2H3. The SMILES string of the molecule is CCCCCCCCCCCCCCCCOCCOCCOCCOCCOCCCC. The number of unbranched alkanes of at least 4 members (excludes halogenated alkanes) is 14. The highest BCUT2D eigenvalue weighted by atomic mass is 16.6. The molecule has 0 fully saturated rings. The summed E-state index contributed by atoms with van der Waals surface area (Å²) in [5.41, 5.74) is 0. The van der Waals surface area contributed by atoms with E-state index >= 15 is 0 Å². The zero-order valence-corrected chi connectivity index (χ0v) is 22.4. The monoisotopic (exact) mass is 474 g/mol. The summed E-state index contributed by atoms with van der Waals surface area (Å²) >= 11 is 0. The molecular weight excluding hydrogens is 416 g/mol. The molecule has 0 saturated heterocycles. The van der Waals surface area contributed by atoms with Gasteiger partial charge in [0, 0.05) is 13.2 Å². The van der Waals surface area contributed by atoms with Crippen molar-refractivity contribution in [1.82, 2.24) is 0 Å². The minimum atomic E-state index is 0.605. The molecule has 0 radical (unpaired) electrons. The van der Waals surface area contributed by atoms with Crippen molar-refractivity contribution in [2.45, 2.75) is 117 Å². The van der Waals surface area contributed by atoms with Crippen molar-refractivity contribution < 1.29 is 23.7 Å². The number of ether oxygens (including phenoxy) is 5. The van der Waals surface area contributed by atoms with E-state index in [1.165, 1.54) is 96.3 Å². The molecule has 0 aromatic heterocycles. The van der Waals surface area contributed by atoms with Crippen LogP contribution in [0.1, 0.15) is 117 Å². The summed E-state index contributed by atoms with van der Waals surface area (Å²) in [6.07, 6.45) is 21.7. The topological polar surface area (TPSA) is 46.2 Å². The Kier molecular flexibility index (Phi) is 31.6. The van der Waals surface area contributed by atoms with Gasteiger partial charge >= 0.3 is 0 Å². The Hall–Kier alpha value is -0.200. The summed E-state index contributed by atoms with van der Waals surface area (Å²) in [4.78, 5) is 0. The van der Waals surface area contributed by atoms with Crippen LogP contribution in [-0.2, 0) is 23.7 Å². The molecule has 0 spiro atoms. The summed E-state index contributed by atoms with van der Waals surface area (Å²) in [7, 11) is 0. The molecule has 33 heavy (non-hydrogen) atoms. The lowest BCUT2D eigenvalue weighted by Gasteiger charge is -2.08. The van der Waals surface area contributed by atoms with Gasteiger partial charge in [-0.15, -0.1) is 0 Å². The quantitative estimate of drug-likeness (QED) is 0.102. The number of hydrogen-bond donors (Lipinski definition) is 0. The normalized spacial score (nSPS) is 11.5. The molecule has 0 unspecified atom stereocenters. The summed E-state index contributed by atoms with van der Waals surface area (Å²) < 4.78 is 27.5. The smallest absolute Gasteiger partial charge is 0.0701 e. The van der Waals surface area contributed by atoms with Crippen molar-refractivity contribution in [2.24, 2.45) is 0 Å². The Bertz CT molecular complexity index is 297. The summed E-state index contributed by atoms with van der Waals surface area (Å²) in [6.45, 7) is 11.2. The van der Waals surface area contributed by atoms with Crippen molar-refractivity contribution in [3.8, 4) is 0 Å². The second-order valence-electron chi connectivity index (χ2n) is 9.01. The van der Waals surface area contributed by atoms with Gasteiger partial charge in [0.2, 0.25) is 0 Å². The highest BCUT2D eigenvalue weighted by Crippen LogP contribution is 2.12. The van der Waals surface area contributed by atoms with E-state index < -0.39 is 0 Å². The van der Waals surface area contributed by atoms with Gasteiger partial charge in [0.25, 0.3) is 0 Å². The molecule has 0 amide bonds. The van der Waals surface area contributed by atoms with Crippen LogP contribution in [0.2, 0.25) is 0 Å². The fraction of sp³-hybridized carbons (Fsp3) is 1.00. The van der Waals surface area contributed by atoms with Crippen molar-refractivity contribution in [3.63, 3.8) is 0 Å². The summed E-state index contributed by atoms with van der Waals surface area (Å²) in [5, 5.41) is 0. The highest BCUT2D eigenvalue weighted by molar-refractivity contribution is 4.49. The van der Waals surface area contributed by atoms with Crippen LogP contribution in [0, 0.1) is 0 Å². The maximum Gasteiger partial charge on any atom is 0.0701 e. The first-order chi connectivity index (χ1) is 16.4. The lowest BCUT2D eigenvalue weighted by molar-refractivity contribution is -0.0113. The molecule has 200 valence electrons. The van der Waals surface area contributed by atoms with Crippen LogP contribution in [-0.4, -0.2) is 66.1 Å². The van der Waals surface area contributed by atoms with E-state index in [4.69, 9.17) is 23.7 Å². The Morgan fingerprint density at radius 3 is 0.818 bits per heavy atom. The van der Waals surface area contributed by atoms with Crippen LogP contribution in [0.5, 0.6) is 0 Å². The molecule has 0 N–H and O–H groups in total. The van der Waals surface area contributed by atoms with Gasteiger partial charge in [0.1, 0.15) is 0 Å². The zero-order valence-electron chi connectivity index (χ0n) is 22.4. The lowest BCUT2D eigenvalue weighted by Crippen LogP contribution is -2.13. The predicted octanol–water partition coefficient (Wildman–Crippen LogP) is 7.35. The molecule has 0 aromatic rings. The highest BCUT2D eigenvalue weighted by Gasteiger charge is 1.96. The molecule has 5 nitrogen and oxygen atoms in total. The van der Waals surface area contributed by atoms with Gasteiger partial charge in [0.05, 0.1) is 52.9 Å². The Labute approximate surface area is 206 Å². The van der Waals surface area contributed by atoms with Crippen LogP contribution < -0.4 is 0 Å². The number of hydrogen-bond acceptors (Lipinski definition) is 5. The molecule has 0 aromatic carbocycles.